The number of sulfonamides is 1. The van der Waals surface area contributed by atoms with Gasteiger partial charge in [-0.3, -0.25) is 4.79 Å². The van der Waals surface area contributed by atoms with Crippen molar-refractivity contribution in [2.24, 2.45) is 5.73 Å². The molecule has 26 heavy (non-hydrogen) atoms. The summed E-state index contributed by atoms with van der Waals surface area (Å²) in [5.41, 5.74) is 5.60. The van der Waals surface area contributed by atoms with Gasteiger partial charge in [-0.25, -0.2) is 8.42 Å². The molecular formula is C16H20N4O4S2. The molecule has 1 aromatic carbocycles. The molecule has 10 heteroatoms. The molecule has 0 bridgehead atoms. The van der Waals surface area contributed by atoms with Crippen LogP contribution in [0.25, 0.3) is 11.5 Å². The van der Waals surface area contributed by atoms with Crippen molar-refractivity contribution in [1.82, 2.24) is 14.5 Å². The van der Waals surface area contributed by atoms with E-state index >= 15 is 0 Å². The van der Waals surface area contributed by atoms with E-state index in [1.54, 1.807) is 22.5 Å². The van der Waals surface area contributed by atoms with E-state index in [4.69, 9.17) is 10.2 Å². The van der Waals surface area contributed by atoms with Crippen LogP contribution in [0, 0.1) is 0 Å². The Balaban J connectivity index is 1.82. The summed E-state index contributed by atoms with van der Waals surface area (Å²) in [4.78, 5) is 11.0. The molecule has 1 fully saturated rings. The number of hydrogen-bond acceptors (Lipinski definition) is 7. The highest BCUT2D eigenvalue weighted by Gasteiger charge is 2.25. The predicted molar refractivity (Wildman–Crippen MR) is 96.9 cm³/mol. The molecule has 2 N–H and O–H groups in total. The minimum Gasteiger partial charge on any atom is -0.411 e. The lowest BCUT2D eigenvalue weighted by Gasteiger charge is -2.20. The highest BCUT2D eigenvalue weighted by atomic mass is 32.2. The number of hydrogen-bond donors (Lipinski definition) is 1. The average molecular weight is 396 g/mol. The van der Waals surface area contributed by atoms with Gasteiger partial charge in [0.05, 0.1) is 10.6 Å². The quantitative estimate of drug-likeness (QED) is 0.740. The molecule has 140 valence electrons. The largest absolute Gasteiger partial charge is 0.411 e. The van der Waals surface area contributed by atoms with E-state index in [1.165, 1.54) is 6.07 Å². The maximum atomic E-state index is 12.9. The van der Waals surface area contributed by atoms with E-state index in [1.807, 2.05) is 0 Å². The molecule has 1 aliphatic heterocycles. The maximum absolute atomic E-state index is 12.9. The second-order valence-corrected chi connectivity index (χ2v) is 8.84. The van der Waals surface area contributed by atoms with Crippen molar-refractivity contribution in [1.29, 1.82) is 0 Å². The van der Waals surface area contributed by atoms with Gasteiger partial charge in [0, 0.05) is 18.7 Å². The molecule has 2 aromatic rings. The number of rotatable bonds is 6. The Labute approximate surface area is 156 Å². The first-order valence-electron chi connectivity index (χ1n) is 8.32. The first-order valence-corrected chi connectivity index (χ1v) is 10.7. The molecule has 1 aliphatic rings. The van der Waals surface area contributed by atoms with Crippen LogP contribution in [-0.4, -0.2) is 47.7 Å². The van der Waals surface area contributed by atoms with Crippen molar-refractivity contribution < 1.29 is 17.6 Å². The SMILES string of the molecule is NC(=O)CSc1nnc(-c2cccc(S(=O)(=O)N3CCCCCC3)c2)o1. The number of amides is 1. The second kappa shape index (κ2) is 8.19. The van der Waals surface area contributed by atoms with Gasteiger partial charge in [0.1, 0.15) is 0 Å². The molecule has 0 unspecified atom stereocenters. The molecule has 1 aromatic heterocycles. The van der Waals surface area contributed by atoms with Gasteiger partial charge in [-0.15, -0.1) is 10.2 Å². The highest BCUT2D eigenvalue weighted by Crippen LogP contribution is 2.27. The molecule has 0 aliphatic carbocycles. The van der Waals surface area contributed by atoms with Crippen LogP contribution in [0.3, 0.4) is 0 Å². The second-order valence-electron chi connectivity index (χ2n) is 5.97. The van der Waals surface area contributed by atoms with Gasteiger partial charge in [0.15, 0.2) is 0 Å². The summed E-state index contributed by atoms with van der Waals surface area (Å²) in [6.07, 6.45) is 3.87. The summed E-state index contributed by atoms with van der Waals surface area (Å²) in [5, 5.41) is 7.96. The zero-order valence-electron chi connectivity index (χ0n) is 14.1. The normalized spacial score (nSPS) is 16.3. The Morgan fingerprint density at radius 3 is 2.62 bits per heavy atom. The molecule has 3 rings (SSSR count). The number of nitrogens with zero attached hydrogens (tertiary/aromatic N) is 3. The van der Waals surface area contributed by atoms with Crippen LogP contribution in [0.5, 0.6) is 0 Å². The number of primary amides is 1. The minimum absolute atomic E-state index is 0.0328. The van der Waals surface area contributed by atoms with Gasteiger partial charge >= 0.3 is 0 Å². The Morgan fingerprint density at radius 1 is 1.19 bits per heavy atom. The van der Waals surface area contributed by atoms with Gasteiger partial charge in [-0.1, -0.05) is 30.7 Å². The fourth-order valence-electron chi connectivity index (χ4n) is 2.74. The van der Waals surface area contributed by atoms with E-state index in [9.17, 15) is 13.2 Å². The number of nitrogens with two attached hydrogens (primary N) is 1. The third kappa shape index (κ3) is 4.43. The fourth-order valence-corrected chi connectivity index (χ4v) is 4.80. The fraction of sp³-hybridized carbons (Fsp3) is 0.438. The Morgan fingerprint density at radius 2 is 1.92 bits per heavy atom. The zero-order chi connectivity index (χ0) is 18.6. The third-order valence-electron chi connectivity index (χ3n) is 4.03. The van der Waals surface area contributed by atoms with Crippen LogP contribution in [0.15, 0.2) is 38.8 Å². The number of carbonyl (C=O) groups excluding carboxylic acids is 1. The van der Waals surface area contributed by atoms with Gasteiger partial charge < -0.3 is 10.2 Å². The van der Waals surface area contributed by atoms with E-state index in [0.717, 1.165) is 37.4 Å². The Kier molecular flexibility index (Phi) is 5.94. The molecule has 0 saturated carbocycles. The van der Waals surface area contributed by atoms with Crippen LogP contribution in [0.2, 0.25) is 0 Å². The van der Waals surface area contributed by atoms with Crippen LogP contribution >= 0.6 is 11.8 Å². The minimum atomic E-state index is -3.55. The molecule has 0 spiro atoms. The van der Waals surface area contributed by atoms with Crippen molar-refractivity contribution in [2.75, 3.05) is 18.8 Å². The van der Waals surface area contributed by atoms with Gasteiger partial charge in [-0.05, 0) is 31.0 Å². The number of benzene rings is 1. The summed E-state index contributed by atoms with van der Waals surface area (Å²) in [5.74, 6) is -0.254. The summed E-state index contributed by atoms with van der Waals surface area (Å²) in [6.45, 7) is 1.09. The molecule has 1 amide bonds. The lowest BCUT2D eigenvalue weighted by atomic mass is 10.2. The van der Waals surface area contributed by atoms with Gasteiger partial charge in [0.25, 0.3) is 5.22 Å². The third-order valence-corrected chi connectivity index (χ3v) is 6.76. The standard InChI is InChI=1S/C16H20N4O4S2/c17-14(21)11-25-16-19-18-15(24-16)12-6-5-7-13(10-12)26(22,23)20-8-3-1-2-4-9-20/h5-7,10H,1-4,8-9,11H2,(H2,17,21). The number of carbonyl (C=O) groups is 1. The lowest BCUT2D eigenvalue weighted by molar-refractivity contribution is -0.115. The van der Waals surface area contributed by atoms with E-state index in [0.29, 0.717) is 18.7 Å². The van der Waals surface area contributed by atoms with Crippen LogP contribution in [-0.2, 0) is 14.8 Å². The number of thioether (sulfide) groups is 1. The van der Waals surface area contributed by atoms with Crippen molar-refractivity contribution in [3.8, 4) is 11.5 Å². The first-order chi connectivity index (χ1) is 12.5. The summed E-state index contributed by atoms with van der Waals surface area (Å²) >= 11 is 1.04. The highest BCUT2D eigenvalue weighted by molar-refractivity contribution is 7.99. The molecular weight excluding hydrogens is 376 g/mol. The van der Waals surface area contributed by atoms with Crippen molar-refractivity contribution in [3.05, 3.63) is 24.3 Å². The van der Waals surface area contributed by atoms with E-state index < -0.39 is 15.9 Å². The molecule has 8 nitrogen and oxygen atoms in total. The summed E-state index contributed by atoms with van der Waals surface area (Å²) < 4.78 is 32.8. The predicted octanol–water partition coefficient (Wildman–Crippen LogP) is 1.88. The first kappa shape index (κ1) is 18.9. The molecule has 0 atom stereocenters. The zero-order valence-corrected chi connectivity index (χ0v) is 15.8. The van der Waals surface area contributed by atoms with Crippen LogP contribution in [0.1, 0.15) is 25.7 Å². The topological polar surface area (TPSA) is 119 Å². The van der Waals surface area contributed by atoms with Crippen molar-refractivity contribution in [3.63, 3.8) is 0 Å². The summed E-state index contributed by atoms with van der Waals surface area (Å²) in [6, 6.07) is 6.47. The van der Waals surface area contributed by atoms with Crippen LogP contribution in [0.4, 0.5) is 0 Å². The lowest BCUT2D eigenvalue weighted by Crippen LogP contribution is -2.31. The average Bonchev–Trinajstić information content (AvgIpc) is 2.92. The summed E-state index contributed by atoms with van der Waals surface area (Å²) in [7, 11) is -3.55. The number of aromatic nitrogens is 2. The molecule has 2 heterocycles. The van der Waals surface area contributed by atoms with E-state index in [-0.39, 0.29) is 21.8 Å². The molecule has 0 radical (unpaired) electrons. The Hall–Kier alpha value is -1.91. The van der Waals surface area contributed by atoms with Crippen LogP contribution < -0.4 is 5.73 Å². The van der Waals surface area contributed by atoms with Crippen molar-refractivity contribution in [2.45, 2.75) is 35.8 Å². The smallest absolute Gasteiger partial charge is 0.277 e. The van der Waals surface area contributed by atoms with Gasteiger partial charge in [0.2, 0.25) is 21.8 Å². The van der Waals surface area contributed by atoms with E-state index in [2.05, 4.69) is 10.2 Å². The molecule has 1 saturated heterocycles. The monoisotopic (exact) mass is 396 g/mol. The maximum Gasteiger partial charge on any atom is 0.277 e. The van der Waals surface area contributed by atoms with Crippen molar-refractivity contribution >= 4 is 27.7 Å². The Bertz CT molecular complexity index is 874. The van der Waals surface area contributed by atoms with Gasteiger partial charge in [-0.2, -0.15) is 4.31 Å².